The zero-order chi connectivity index (χ0) is 26.3. The van der Waals surface area contributed by atoms with Gasteiger partial charge in [0.2, 0.25) is 0 Å². The van der Waals surface area contributed by atoms with E-state index in [1.807, 2.05) is 29.2 Å². The zero-order valence-corrected chi connectivity index (χ0v) is 19.4. The highest BCUT2D eigenvalue weighted by Gasteiger charge is 2.45. The molecule has 2 amide bonds. The largest absolute Gasteiger partial charge is 0.490 e. The van der Waals surface area contributed by atoms with Crippen molar-refractivity contribution < 1.29 is 37.5 Å². The van der Waals surface area contributed by atoms with E-state index in [1.165, 1.54) is 5.56 Å². The molecule has 1 spiro atoms. The molecule has 2 N–H and O–H groups in total. The van der Waals surface area contributed by atoms with Crippen molar-refractivity contribution in [3.63, 3.8) is 0 Å². The molecule has 2 aliphatic heterocycles. The number of carbonyl (C=O) groups is 3. The fourth-order valence-electron chi connectivity index (χ4n) is 3.84. The zero-order valence-electron chi connectivity index (χ0n) is 19.4. The highest BCUT2D eigenvalue weighted by Crippen LogP contribution is 2.34. The van der Waals surface area contributed by atoms with Gasteiger partial charge in [0, 0.05) is 24.7 Å². The fourth-order valence-corrected chi connectivity index (χ4v) is 3.84. The number of carbonyl (C=O) groups excluding carboxylic acids is 2. The predicted molar refractivity (Wildman–Crippen MR) is 123 cm³/mol. The maximum atomic E-state index is 12.9. The number of hydrogen-bond acceptors (Lipinski definition) is 6. The van der Waals surface area contributed by atoms with Crippen LogP contribution in [0.5, 0.6) is 0 Å². The van der Waals surface area contributed by atoms with E-state index < -0.39 is 17.7 Å². The minimum absolute atomic E-state index is 0.0106. The molecule has 1 aromatic carbocycles. The maximum Gasteiger partial charge on any atom is 0.490 e. The molecule has 9 nitrogen and oxygen atoms in total. The van der Waals surface area contributed by atoms with Crippen LogP contribution in [0.25, 0.3) is 0 Å². The lowest BCUT2D eigenvalue weighted by Crippen LogP contribution is -2.50. The molecule has 1 aromatic heterocycles. The summed E-state index contributed by atoms with van der Waals surface area (Å²) in [5, 5.41) is 14.0. The molecule has 3 heterocycles. The number of aliphatic carboxylic acids is 1. The van der Waals surface area contributed by atoms with Gasteiger partial charge in [-0.1, -0.05) is 24.2 Å². The summed E-state index contributed by atoms with van der Waals surface area (Å²) in [6.07, 6.45) is 1.04. The van der Waals surface area contributed by atoms with Gasteiger partial charge in [0.15, 0.2) is 5.60 Å². The molecule has 2 aliphatic rings. The van der Waals surface area contributed by atoms with E-state index in [1.54, 1.807) is 24.5 Å². The first-order valence-corrected chi connectivity index (χ1v) is 11.2. The first kappa shape index (κ1) is 26.6. The second-order valence-electron chi connectivity index (χ2n) is 8.37. The summed E-state index contributed by atoms with van der Waals surface area (Å²) in [6, 6.07) is 11.2. The lowest BCUT2D eigenvalue weighted by atomic mass is 9.87. The van der Waals surface area contributed by atoms with Gasteiger partial charge >= 0.3 is 12.1 Å². The Bertz CT molecular complexity index is 1120. The lowest BCUT2D eigenvalue weighted by Gasteiger charge is -2.38. The smallest absolute Gasteiger partial charge is 0.475 e. The van der Waals surface area contributed by atoms with Crippen molar-refractivity contribution in [3.05, 3.63) is 59.9 Å². The molecule has 1 atom stereocenters. The number of rotatable bonds is 4. The van der Waals surface area contributed by atoms with E-state index in [-0.39, 0.29) is 11.8 Å². The third-order valence-electron chi connectivity index (χ3n) is 5.70. The van der Waals surface area contributed by atoms with Crippen molar-refractivity contribution in [1.82, 2.24) is 9.88 Å². The molecular formula is C24H25F3N4O5. The Hall–Kier alpha value is -3.96. The Morgan fingerprint density at radius 2 is 1.89 bits per heavy atom. The highest BCUT2D eigenvalue weighted by molar-refractivity contribution is 6.43. The minimum atomic E-state index is -5.08. The number of nitrogens with one attached hydrogen (secondary N) is 1. The van der Waals surface area contributed by atoms with Crippen LogP contribution in [0, 0.1) is 0 Å². The molecule has 0 saturated carbocycles. The van der Waals surface area contributed by atoms with E-state index in [0.717, 1.165) is 19.3 Å². The van der Waals surface area contributed by atoms with E-state index >= 15 is 0 Å². The molecule has 36 heavy (non-hydrogen) atoms. The Kier molecular flexibility index (Phi) is 8.28. The van der Waals surface area contributed by atoms with Crippen LogP contribution in [0.4, 0.5) is 18.9 Å². The van der Waals surface area contributed by atoms with Gasteiger partial charge in [-0.3, -0.25) is 14.6 Å². The van der Waals surface area contributed by atoms with Crippen LogP contribution < -0.4 is 5.32 Å². The van der Waals surface area contributed by atoms with Gasteiger partial charge < -0.3 is 20.2 Å². The van der Waals surface area contributed by atoms with E-state index in [9.17, 15) is 22.8 Å². The van der Waals surface area contributed by atoms with Crippen LogP contribution in [-0.2, 0) is 20.8 Å². The van der Waals surface area contributed by atoms with Crippen molar-refractivity contribution in [2.45, 2.75) is 44.4 Å². The third-order valence-corrected chi connectivity index (χ3v) is 5.70. The van der Waals surface area contributed by atoms with E-state index in [0.29, 0.717) is 36.5 Å². The number of benzene rings is 1. The maximum absolute atomic E-state index is 12.9. The second kappa shape index (κ2) is 11.2. The summed E-state index contributed by atoms with van der Waals surface area (Å²) in [5.74, 6) is -3.07. The summed E-state index contributed by atoms with van der Waals surface area (Å²) in [5.41, 5.74) is 2.20. The number of alkyl halides is 3. The van der Waals surface area contributed by atoms with Gasteiger partial charge in [-0.25, -0.2) is 4.79 Å². The summed E-state index contributed by atoms with van der Waals surface area (Å²) in [4.78, 5) is 45.9. The molecule has 0 bridgehead atoms. The number of aryl methyl sites for hydroxylation is 1. The van der Waals surface area contributed by atoms with Crippen LogP contribution in [0.15, 0.2) is 53.9 Å². The van der Waals surface area contributed by atoms with Gasteiger partial charge in [0.1, 0.15) is 5.71 Å². The van der Waals surface area contributed by atoms with Crippen molar-refractivity contribution >= 4 is 29.2 Å². The molecule has 1 unspecified atom stereocenters. The number of carboxylic acids is 1. The Labute approximate surface area is 204 Å². The summed E-state index contributed by atoms with van der Waals surface area (Å²) in [7, 11) is 0. The number of halogens is 3. The van der Waals surface area contributed by atoms with Gasteiger partial charge in [-0.2, -0.15) is 13.2 Å². The normalized spacial score (nSPS) is 19.0. The number of nitrogens with zero attached hydrogens (tertiary/aromatic N) is 3. The molecule has 192 valence electrons. The van der Waals surface area contributed by atoms with Crippen LogP contribution in [0.3, 0.4) is 0 Å². The number of oxime groups is 1. The van der Waals surface area contributed by atoms with Crippen molar-refractivity contribution in [3.8, 4) is 0 Å². The monoisotopic (exact) mass is 506 g/mol. The van der Waals surface area contributed by atoms with Gasteiger partial charge in [-0.05, 0) is 49.1 Å². The quantitative estimate of drug-likeness (QED) is 0.653. The van der Waals surface area contributed by atoms with Crippen molar-refractivity contribution in [1.29, 1.82) is 0 Å². The van der Waals surface area contributed by atoms with Gasteiger partial charge in [0.05, 0.1) is 18.4 Å². The van der Waals surface area contributed by atoms with Crippen molar-refractivity contribution in [2.75, 3.05) is 18.4 Å². The van der Waals surface area contributed by atoms with E-state index in [2.05, 4.69) is 22.4 Å². The minimum Gasteiger partial charge on any atom is -0.475 e. The number of likely N-dealkylation sites (tertiary alicyclic amines) is 1. The van der Waals surface area contributed by atoms with Crippen molar-refractivity contribution in [2.24, 2.45) is 5.16 Å². The number of carboxylic acid groups (broad SMARTS) is 1. The molecule has 4 rings (SSSR count). The number of piperidine rings is 1. The van der Waals surface area contributed by atoms with Crippen LogP contribution in [0.2, 0.25) is 0 Å². The molecule has 2 aromatic rings. The number of aromatic nitrogens is 1. The van der Waals surface area contributed by atoms with Crippen LogP contribution in [0.1, 0.15) is 42.1 Å². The average molecular weight is 506 g/mol. The topological polar surface area (TPSA) is 121 Å². The summed E-state index contributed by atoms with van der Waals surface area (Å²) < 4.78 is 31.7. The molecule has 0 radical (unpaired) electrons. The number of hydrogen-bond donors (Lipinski definition) is 2. The molecular weight excluding hydrogens is 481 g/mol. The molecule has 1 saturated heterocycles. The Morgan fingerprint density at radius 1 is 1.19 bits per heavy atom. The van der Waals surface area contributed by atoms with Crippen LogP contribution in [-0.4, -0.2) is 63.4 Å². The Morgan fingerprint density at radius 3 is 2.47 bits per heavy atom. The second-order valence-corrected chi connectivity index (χ2v) is 8.37. The molecule has 1 fully saturated rings. The molecule has 12 heteroatoms. The number of amides is 2. The first-order chi connectivity index (χ1) is 17.0. The number of anilines is 1. The predicted octanol–water partition coefficient (Wildman–Crippen LogP) is 3.67. The average Bonchev–Trinajstić information content (AvgIpc) is 3.27. The first-order valence-electron chi connectivity index (χ1n) is 11.2. The Balaban J connectivity index is 0.000000454. The highest BCUT2D eigenvalue weighted by atomic mass is 19.4. The van der Waals surface area contributed by atoms with Crippen LogP contribution >= 0.6 is 0 Å². The fraction of sp³-hybridized carbons (Fsp3) is 0.375. The van der Waals surface area contributed by atoms with Gasteiger partial charge in [-0.15, -0.1) is 0 Å². The standard InChI is InChI=1S/C22H24N4O3.C2HF3O2/c1-2-16-6-8-17(9-7-16)21(28)26-12-4-10-22(15-26)13-19(25-29-22)20(27)24-18-5-3-11-23-14-18;3-2(4,5)1(6)7/h3,5-9,11,14H,2,4,10,12-13,15H2,1H3,(H,24,27);(H,6,7). The van der Waals surface area contributed by atoms with E-state index in [4.69, 9.17) is 14.7 Å². The lowest BCUT2D eigenvalue weighted by molar-refractivity contribution is -0.192. The van der Waals surface area contributed by atoms with Gasteiger partial charge in [0.25, 0.3) is 11.8 Å². The summed E-state index contributed by atoms with van der Waals surface area (Å²) >= 11 is 0. The molecule has 0 aliphatic carbocycles. The SMILES string of the molecule is CCc1ccc(C(=O)N2CCCC3(CC(C(=O)Nc4cccnc4)=NO3)C2)cc1.O=C(O)C(F)(F)F. The summed E-state index contributed by atoms with van der Waals surface area (Å²) in [6.45, 7) is 3.19. The third kappa shape index (κ3) is 6.80. The number of pyridine rings is 1.